The van der Waals surface area contributed by atoms with Crippen LogP contribution >= 0.6 is 15.9 Å². The van der Waals surface area contributed by atoms with Gasteiger partial charge in [0.15, 0.2) is 0 Å². The Morgan fingerprint density at radius 1 is 1.50 bits per heavy atom. The molecule has 0 rings (SSSR count). The summed E-state index contributed by atoms with van der Waals surface area (Å²) in [5, 5.41) is 2.42. The molecule has 1 atom stereocenters. The molecule has 0 bridgehead atoms. The van der Waals surface area contributed by atoms with Crippen molar-refractivity contribution in [3.63, 3.8) is 0 Å². The topological polar surface area (TPSA) is 38.3 Å². The first-order valence-electron chi connectivity index (χ1n) is 4.81. The van der Waals surface area contributed by atoms with Crippen LogP contribution < -0.4 is 5.32 Å². The summed E-state index contributed by atoms with van der Waals surface area (Å²) in [6.45, 7) is 0.842. The number of nitrogens with one attached hydrogen (secondary N) is 1. The van der Waals surface area contributed by atoms with Gasteiger partial charge in [0, 0.05) is 24.9 Å². The molecule has 0 saturated heterocycles. The third-order valence-corrected chi connectivity index (χ3v) is 2.48. The molecule has 96 valence electrons. The van der Waals surface area contributed by atoms with Gasteiger partial charge >= 0.3 is 6.18 Å². The highest BCUT2D eigenvalue weighted by Gasteiger charge is 2.27. The minimum Gasteiger partial charge on any atom is -0.384 e. The van der Waals surface area contributed by atoms with Crippen molar-refractivity contribution in [3.8, 4) is 0 Å². The third-order valence-electron chi connectivity index (χ3n) is 1.76. The maximum atomic E-state index is 11.8. The Labute approximate surface area is 101 Å². The molecule has 0 aliphatic heterocycles. The molecular formula is C9H15BrF3NO2. The first-order valence-corrected chi connectivity index (χ1v) is 5.73. The van der Waals surface area contributed by atoms with Gasteiger partial charge in [-0.25, -0.2) is 0 Å². The van der Waals surface area contributed by atoms with Gasteiger partial charge in [0.2, 0.25) is 5.91 Å². The van der Waals surface area contributed by atoms with Crippen LogP contribution in [0.2, 0.25) is 0 Å². The highest BCUT2D eigenvalue weighted by molar-refractivity contribution is 9.09. The number of alkyl halides is 4. The number of hydrogen-bond acceptors (Lipinski definition) is 2. The van der Waals surface area contributed by atoms with E-state index in [0.29, 0.717) is 19.6 Å². The summed E-state index contributed by atoms with van der Waals surface area (Å²) in [7, 11) is 1.55. The van der Waals surface area contributed by atoms with Crippen molar-refractivity contribution in [1.82, 2.24) is 5.32 Å². The molecule has 1 unspecified atom stereocenters. The second kappa shape index (κ2) is 7.89. The van der Waals surface area contributed by atoms with Gasteiger partial charge in [-0.2, -0.15) is 13.2 Å². The van der Waals surface area contributed by atoms with E-state index in [1.165, 1.54) is 0 Å². The summed E-state index contributed by atoms with van der Waals surface area (Å²) < 4.78 is 40.1. The number of hydrogen-bond donors (Lipinski definition) is 1. The summed E-state index contributed by atoms with van der Waals surface area (Å²) in [5.74, 6) is -0.575. The summed E-state index contributed by atoms with van der Waals surface area (Å²) in [6, 6.07) is 0. The molecule has 3 nitrogen and oxygen atoms in total. The van der Waals surface area contributed by atoms with Crippen molar-refractivity contribution in [1.29, 1.82) is 0 Å². The molecule has 0 spiro atoms. The maximum absolute atomic E-state index is 11.8. The van der Waals surface area contributed by atoms with Crippen molar-refractivity contribution in [2.45, 2.75) is 30.3 Å². The molecule has 7 heteroatoms. The lowest BCUT2D eigenvalue weighted by molar-refractivity contribution is -0.144. The van der Waals surface area contributed by atoms with E-state index >= 15 is 0 Å². The van der Waals surface area contributed by atoms with Crippen molar-refractivity contribution in [2.75, 3.05) is 20.3 Å². The SMILES string of the molecule is COCC(Br)CCNC(=O)CCC(F)(F)F. The fourth-order valence-electron chi connectivity index (χ4n) is 0.976. The zero-order valence-electron chi connectivity index (χ0n) is 8.94. The van der Waals surface area contributed by atoms with Gasteiger partial charge in [-0.15, -0.1) is 0 Å². The third kappa shape index (κ3) is 10.2. The van der Waals surface area contributed by atoms with Crippen LogP contribution in [-0.4, -0.2) is 37.2 Å². The molecule has 0 aromatic rings. The first-order chi connectivity index (χ1) is 7.35. The number of carbonyl (C=O) groups is 1. The number of methoxy groups -OCH3 is 1. The Morgan fingerprint density at radius 3 is 2.62 bits per heavy atom. The van der Waals surface area contributed by atoms with E-state index in [1.807, 2.05) is 0 Å². The van der Waals surface area contributed by atoms with Crippen LogP contribution in [0.5, 0.6) is 0 Å². The quantitative estimate of drug-likeness (QED) is 0.733. The first kappa shape index (κ1) is 15.7. The number of halogens is 4. The van der Waals surface area contributed by atoms with Crippen LogP contribution in [0.25, 0.3) is 0 Å². The van der Waals surface area contributed by atoms with Crippen LogP contribution in [0, 0.1) is 0 Å². The molecule has 0 aliphatic rings. The predicted octanol–water partition coefficient (Wildman–Crippen LogP) is 2.25. The average molecular weight is 306 g/mol. The minimum atomic E-state index is -4.27. The van der Waals surface area contributed by atoms with E-state index in [1.54, 1.807) is 7.11 Å². The molecule has 1 N–H and O–H groups in total. The summed E-state index contributed by atoms with van der Waals surface area (Å²) in [5.41, 5.74) is 0. The van der Waals surface area contributed by atoms with E-state index in [9.17, 15) is 18.0 Å². The van der Waals surface area contributed by atoms with E-state index in [4.69, 9.17) is 4.74 Å². The van der Waals surface area contributed by atoms with Gasteiger partial charge < -0.3 is 10.1 Å². The number of carbonyl (C=O) groups excluding carboxylic acids is 1. The normalized spacial score (nSPS) is 13.6. The minimum absolute atomic E-state index is 0.0976. The van der Waals surface area contributed by atoms with Gasteiger partial charge in [0.05, 0.1) is 13.0 Å². The van der Waals surface area contributed by atoms with Gasteiger partial charge in [-0.05, 0) is 6.42 Å². The Balaban J connectivity index is 3.51. The molecule has 0 saturated carbocycles. The number of amides is 1. The molecule has 0 fully saturated rings. The Kier molecular flexibility index (Phi) is 7.74. The lowest BCUT2D eigenvalue weighted by Gasteiger charge is -2.10. The number of ether oxygens (including phenoxy) is 1. The smallest absolute Gasteiger partial charge is 0.384 e. The molecule has 0 aromatic heterocycles. The molecule has 0 heterocycles. The Bertz CT molecular complexity index is 211. The molecule has 1 amide bonds. The summed E-state index contributed by atoms with van der Waals surface area (Å²) in [4.78, 5) is 11.1. The highest BCUT2D eigenvalue weighted by Crippen LogP contribution is 2.20. The second-order valence-corrected chi connectivity index (χ2v) is 4.60. The van der Waals surface area contributed by atoms with Crippen molar-refractivity contribution in [2.24, 2.45) is 0 Å². The fourth-order valence-corrected chi connectivity index (χ4v) is 1.47. The molecule has 0 aromatic carbocycles. The van der Waals surface area contributed by atoms with Gasteiger partial charge in [0.25, 0.3) is 0 Å². The van der Waals surface area contributed by atoms with Crippen LogP contribution in [-0.2, 0) is 9.53 Å². The highest BCUT2D eigenvalue weighted by atomic mass is 79.9. The van der Waals surface area contributed by atoms with Gasteiger partial charge in [-0.3, -0.25) is 4.79 Å². The van der Waals surface area contributed by atoms with Crippen molar-refractivity contribution in [3.05, 3.63) is 0 Å². The van der Waals surface area contributed by atoms with Crippen LogP contribution in [0.1, 0.15) is 19.3 Å². The van der Waals surface area contributed by atoms with Gasteiger partial charge in [-0.1, -0.05) is 15.9 Å². The Morgan fingerprint density at radius 2 is 2.12 bits per heavy atom. The van der Waals surface area contributed by atoms with E-state index < -0.39 is 24.9 Å². The molecule has 16 heavy (non-hydrogen) atoms. The lowest BCUT2D eigenvalue weighted by Crippen LogP contribution is -2.27. The maximum Gasteiger partial charge on any atom is 0.389 e. The largest absolute Gasteiger partial charge is 0.389 e. The molecule has 0 radical (unpaired) electrons. The Hall–Kier alpha value is -0.300. The van der Waals surface area contributed by atoms with E-state index in [2.05, 4.69) is 21.2 Å². The predicted molar refractivity (Wildman–Crippen MR) is 57.5 cm³/mol. The lowest BCUT2D eigenvalue weighted by atomic mass is 10.2. The van der Waals surface area contributed by atoms with Crippen molar-refractivity contribution >= 4 is 21.8 Å². The number of rotatable bonds is 7. The summed E-state index contributed by atoms with van der Waals surface area (Å²) in [6.07, 6.45) is -5.24. The zero-order valence-corrected chi connectivity index (χ0v) is 10.5. The zero-order chi connectivity index (χ0) is 12.6. The monoisotopic (exact) mass is 305 g/mol. The second-order valence-electron chi connectivity index (χ2n) is 3.31. The van der Waals surface area contributed by atoms with Crippen molar-refractivity contribution < 1.29 is 22.7 Å². The van der Waals surface area contributed by atoms with Crippen LogP contribution in [0.3, 0.4) is 0 Å². The average Bonchev–Trinajstić information content (AvgIpc) is 2.14. The van der Waals surface area contributed by atoms with Crippen LogP contribution in [0.15, 0.2) is 0 Å². The standard InChI is InChI=1S/C9H15BrF3NO2/c1-16-6-7(10)3-5-14-8(15)2-4-9(11,12)13/h7H,2-6H2,1H3,(H,14,15). The molecular weight excluding hydrogens is 291 g/mol. The van der Waals surface area contributed by atoms with E-state index in [0.717, 1.165) is 0 Å². The molecule has 0 aliphatic carbocycles. The summed E-state index contributed by atoms with van der Waals surface area (Å²) >= 11 is 3.30. The van der Waals surface area contributed by atoms with Crippen LogP contribution in [0.4, 0.5) is 13.2 Å². The fraction of sp³-hybridized carbons (Fsp3) is 0.889. The van der Waals surface area contributed by atoms with E-state index in [-0.39, 0.29) is 4.83 Å². The van der Waals surface area contributed by atoms with Gasteiger partial charge in [0.1, 0.15) is 0 Å².